The van der Waals surface area contributed by atoms with Crippen LogP contribution in [0.25, 0.3) is 0 Å². The predicted molar refractivity (Wildman–Crippen MR) is 81.9 cm³/mol. The third-order valence-corrected chi connectivity index (χ3v) is 3.62. The van der Waals surface area contributed by atoms with Crippen molar-refractivity contribution in [1.82, 2.24) is 4.98 Å². The lowest BCUT2D eigenvalue weighted by atomic mass is 10.2. The van der Waals surface area contributed by atoms with E-state index in [1.807, 2.05) is 31.4 Å². The van der Waals surface area contributed by atoms with Gasteiger partial charge in [-0.25, -0.2) is 9.78 Å². The molecule has 1 heterocycles. The number of aryl methyl sites for hydroxylation is 2. The van der Waals surface area contributed by atoms with Gasteiger partial charge < -0.3 is 10.1 Å². The molecule has 0 unspecified atom stereocenters. The van der Waals surface area contributed by atoms with Crippen LogP contribution in [0.15, 0.2) is 23.6 Å². The molecule has 6 heteroatoms. The molecule has 0 fully saturated rings. The van der Waals surface area contributed by atoms with Crippen molar-refractivity contribution in [3.05, 3.63) is 34.8 Å². The van der Waals surface area contributed by atoms with Crippen molar-refractivity contribution in [1.29, 1.82) is 0 Å². The molecule has 5 nitrogen and oxygen atoms in total. The number of nitrogens with zero attached hydrogens (tertiary/aromatic N) is 1. The van der Waals surface area contributed by atoms with E-state index >= 15 is 0 Å². The van der Waals surface area contributed by atoms with Gasteiger partial charge in [-0.1, -0.05) is 6.92 Å². The van der Waals surface area contributed by atoms with Crippen molar-refractivity contribution in [2.24, 2.45) is 0 Å². The van der Waals surface area contributed by atoms with E-state index in [-0.39, 0.29) is 6.03 Å². The molecule has 0 spiro atoms. The van der Waals surface area contributed by atoms with Crippen LogP contribution in [0.3, 0.4) is 0 Å². The zero-order valence-corrected chi connectivity index (χ0v) is 12.5. The summed E-state index contributed by atoms with van der Waals surface area (Å²) in [5, 5.41) is 8.07. The van der Waals surface area contributed by atoms with Crippen LogP contribution in [-0.2, 0) is 6.42 Å². The molecule has 0 saturated carbocycles. The van der Waals surface area contributed by atoms with Gasteiger partial charge in [0.15, 0.2) is 5.13 Å². The molecule has 0 bridgehead atoms. The SMILES string of the molecule is CCc1csc(NC(=O)Nc2ccc(OC)cc2C)n1. The maximum Gasteiger partial charge on any atom is 0.325 e. The number of aromatic nitrogens is 1. The molecule has 0 radical (unpaired) electrons. The fourth-order valence-electron chi connectivity index (χ4n) is 1.68. The first-order valence-corrected chi connectivity index (χ1v) is 7.17. The van der Waals surface area contributed by atoms with Gasteiger partial charge in [-0.05, 0) is 37.1 Å². The maximum atomic E-state index is 11.9. The number of urea groups is 1. The van der Waals surface area contributed by atoms with Gasteiger partial charge in [-0.15, -0.1) is 11.3 Å². The lowest BCUT2D eigenvalue weighted by molar-refractivity contribution is 0.262. The van der Waals surface area contributed by atoms with Crippen molar-refractivity contribution in [3.8, 4) is 5.75 Å². The first-order valence-electron chi connectivity index (χ1n) is 6.29. The molecule has 0 aliphatic heterocycles. The van der Waals surface area contributed by atoms with E-state index in [0.29, 0.717) is 5.13 Å². The Bertz CT molecular complexity index is 610. The number of nitrogens with one attached hydrogen (secondary N) is 2. The van der Waals surface area contributed by atoms with E-state index in [9.17, 15) is 4.79 Å². The maximum absolute atomic E-state index is 11.9. The number of carbonyl (C=O) groups is 1. The Morgan fingerprint density at radius 2 is 2.20 bits per heavy atom. The predicted octanol–water partition coefficient (Wildman–Crippen LogP) is 3.67. The summed E-state index contributed by atoms with van der Waals surface area (Å²) in [6.45, 7) is 3.94. The summed E-state index contributed by atoms with van der Waals surface area (Å²) >= 11 is 1.42. The molecule has 2 N–H and O–H groups in total. The molecule has 0 aliphatic carbocycles. The van der Waals surface area contributed by atoms with Crippen molar-refractivity contribution in [3.63, 3.8) is 0 Å². The lowest BCUT2D eigenvalue weighted by Crippen LogP contribution is -2.19. The summed E-state index contributed by atoms with van der Waals surface area (Å²) < 4.78 is 5.13. The molecule has 106 valence electrons. The van der Waals surface area contributed by atoms with Gasteiger partial charge in [-0.3, -0.25) is 5.32 Å². The molecular formula is C14H17N3O2S. The highest BCUT2D eigenvalue weighted by Gasteiger charge is 2.08. The van der Waals surface area contributed by atoms with Crippen molar-refractivity contribution in [2.75, 3.05) is 17.7 Å². The largest absolute Gasteiger partial charge is 0.497 e. The number of thiazole rings is 1. The fourth-order valence-corrected chi connectivity index (χ4v) is 2.47. The first kappa shape index (κ1) is 14.3. The molecular weight excluding hydrogens is 274 g/mol. The van der Waals surface area contributed by atoms with Crippen LogP contribution in [-0.4, -0.2) is 18.1 Å². The number of amides is 2. The van der Waals surface area contributed by atoms with Crippen LogP contribution >= 0.6 is 11.3 Å². The van der Waals surface area contributed by atoms with Gasteiger partial charge in [0, 0.05) is 11.1 Å². The quantitative estimate of drug-likeness (QED) is 0.903. The number of hydrogen-bond donors (Lipinski definition) is 2. The number of anilines is 2. The number of ether oxygens (including phenoxy) is 1. The molecule has 2 amide bonds. The standard InChI is InChI=1S/C14H17N3O2S/c1-4-10-8-20-14(15-10)17-13(18)16-12-6-5-11(19-3)7-9(12)2/h5-8H,4H2,1-3H3,(H2,15,16,17,18). The van der Waals surface area contributed by atoms with E-state index in [1.54, 1.807) is 13.2 Å². The molecule has 0 aliphatic rings. The van der Waals surface area contributed by atoms with Gasteiger partial charge >= 0.3 is 6.03 Å². The molecule has 1 aromatic heterocycles. The van der Waals surface area contributed by atoms with Gasteiger partial charge in [-0.2, -0.15) is 0 Å². The van der Waals surface area contributed by atoms with Gasteiger partial charge in [0.05, 0.1) is 12.8 Å². The van der Waals surface area contributed by atoms with Gasteiger partial charge in [0.2, 0.25) is 0 Å². The fraction of sp³-hybridized carbons (Fsp3) is 0.286. The van der Waals surface area contributed by atoms with Crippen LogP contribution in [0, 0.1) is 6.92 Å². The summed E-state index contributed by atoms with van der Waals surface area (Å²) in [7, 11) is 1.61. The monoisotopic (exact) mass is 291 g/mol. The Kier molecular flexibility index (Phi) is 4.57. The highest BCUT2D eigenvalue weighted by molar-refractivity contribution is 7.13. The second-order valence-electron chi connectivity index (χ2n) is 4.26. The first-order chi connectivity index (χ1) is 9.62. The van der Waals surface area contributed by atoms with Crippen LogP contribution < -0.4 is 15.4 Å². The number of benzene rings is 1. The van der Waals surface area contributed by atoms with Crippen LogP contribution in [0.2, 0.25) is 0 Å². The number of carbonyl (C=O) groups excluding carboxylic acids is 1. The second-order valence-corrected chi connectivity index (χ2v) is 5.12. The number of rotatable bonds is 4. The van der Waals surface area contributed by atoms with Gasteiger partial charge in [0.1, 0.15) is 5.75 Å². The van der Waals surface area contributed by atoms with Crippen molar-refractivity contribution < 1.29 is 9.53 Å². The normalized spacial score (nSPS) is 10.2. The Balaban J connectivity index is 2.00. The van der Waals surface area contributed by atoms with Crippen molar-refractivity contribution in [2.45, 2.75) is 20.3 Å². The average Bonchev–Trinajstić information content (AvgIpc) is 2.88. The Morgan fingerprint density at radius 3 is 2.80 bits per heavy atom. The lowest BCUT2D eigenvalue weighted by Gasteiger charge is -2.09. The van der Waals surface area contributed by atoms with Crippen LogP contribution in [0.1, 0.15) is 18.2 Å². The highest BCUT2D eigenvalue weighted by Crippen LogP contribution is 2.21. The van der Waals surface area contributed by atoms with Gasteiger partial charge in [0.25, 0.3) is 0 Å². The third-order valence-electron chi connectivity index (χ3n) is 2.82. The average molecular weight is 291 g/mol. The smallest absolute Gasteiger partial charge is 0.325 e. The summed E-state index contributed by atoms with van der Waals surface area (Å²) in [4.78, 5) is 16.2. The molecule has 1 aromatic carbocycles. The molecule has 0 saturated heterocycles. The van der Waals surface area contributed by atoms with E-state index in [2.05, 4.69) is 15.6 Å². The minimum Gasteiger partial charge on any atom is -0.497 e. The molecule has 2 rings (SSSR count). The Labute approximate surface area is 122 Å². The minimum absolute atomic E-state index is 0.296. The summed E-state index contributed by atoms with van der Waals surface area (Å²) in [6.07, 6.45) is 0.859. The summed E-state index contributed by atoms with van der Waals surface area (Å²) in [6, 6.07) is 5.19. The Morgan fingerprint density at radius 1 is 1.40 bits per heavy atom. The summed E-state index contributed by atoms with van der Waals surface area (Å²) in [5.41, 5.74) is 2.66. The zero-order chi connectivity index (χ0) is 14.5. The van der Waals surface area contributed by atoms with E-state index in [0.717, 1.165) is 29.1 Å². The zero-order valence-electron chi connectivity index (χ0n) is 11.7. The number of hydrogen-bond acceptors (Lipinski definition) is 4. The van der Waals surface area contributed by atoms with E-state index < -0.39 is 0 Å². The molecule has 0 atom stereocenters. The number of methoxy groups -OCH3 is 1. The second kappa shape index (κ2) is 6.38. The third kappa shape index (κ3) is 3.48. The minimum atomic E-state index is -0.296. The van der Waals surface area contributed by atoms with Crippen LogP contribution in [0.4, 0.5) is 15.6 Å². The molecule has 20 heavy (non-hydrogen) atoms. The van der Waals surface area contributed by atoms with Crippen molar-refractivity contribution >= 4 is 28.2 Å². The molecule has 2 aromatic rings. The Hall–Kier alpha value is -2.08. The van der Waals surface area contributed by atoms with Crippen LogP contribution in [0.5, 0.6) is 5.75 Å². The summed E-state index contributed by atoms with van der Waals surface area (Å²) in [5.74, 6) is 0.765. The topological polar surface area (TPSA) is 63.2 Å². The van der Waals surface area contributed by atoms with E-state index in [1.165, 1.54) is 11.3 Å². The van der Waals surface area contributed by atoms with E-state index in [4.69, 9.17) is 4.74 Å². The highest BCUT2D eigenvalue weighted by atomic mass is 32.1.